The lowest BCUT2D eigenvalue weighted by atomic mass is 10.1. The maximum atomic E-state index is 11.8. The van der Waals surface area contributed by atoms with Crippen LogP contribution in [0.15, 0.2) is 0 Å². The second kappa shape index (κ2) is 7.81. The zero-order valence-corrected chi connectivity index (χ0v) is 12.2. The fourth-order valence-corrected chi connectivity index (χ4v) is 2.01. The fourth-order valence-electron chi connectivity index (χ4n) is 2.01. The predicted molar refractivity (Wildman–Crippen MR) is 74.1 cm³/mol. The van der Waals surface area contributed by atoms with E-state index in [1.165, 1.54) is 0 Å². The van der Waals surface area contributed by atoms with E-state index < -0.39 is 18.0 Å². The van der Waals surface area contributed by atoms with Crippen LogP contribution in [0.3, 0.4) is 0 Å². The lowest BCUT2D eigenvalue weighted by molar-refractivity contribution is -0.128. The first-order valence-corrected chi connectivity index (χ1v) is 6.70. The summed E-state index contributed by atoms with van der Waals surface area (Å²) >= 11 is 0. The molecule has 4 N–H and O–H groups in total. The minimum atomic E-state index is -0.517. The summed E-state index contributed by atoms with van der Waals surface area (Å²) in [6, 6.07) is -0.954. The van der Waals surface area contributed by atoms with Gasteiger partial charge in [0.1, 0.15) is 6.04 Å². The van der Waals surface area contributed by atoms with Crippen LogP contribution >= 0.6 is 0 Å². The first-order valence-electron chi connectivity index (χ1n) is 6.70. The minimum Gasteiger partial charge on any atom is -0.358 e. The Labute approximate surface area is 118 Å². The van der Waals surface area contributed by atoms with Gasteiger partial charge >= 0.3 is 6.03 Å². The lowest BCUT2D eigenvalue weighted by Gasteiger charge is -2.34. The van der Waals surface area contributed by atoms with Crippen molar-refractivity contribution >= 4 is 17.8 Å². The third-order valence-corrected chi connectivity index (χ3v) is 2.92. The summed E-state index contributed by atoms with van der Waals surface area (Å²) in [5.74, 6) is -0.560. The number of amides is 4. The monoisotopic (exact) mass is 285 g/mol. The van der Waals surface area contributed by atoms with Crippen molar-refractivity contribution in [1.29, 1.82) is 0 Å². The molecule has 0 bridgehead atoms. The van der Waals surface area contributed by atoms with Crippen LogP contribution in [-0.4, -0.2) is 68.1 Å². The number of likely N-dealkylation sites (N-methyl/N-ethyl adjacent to an activating group) is 1. The molecule has 1 atom stereocenters. The van der Waals surface area contributed by atoms with Gasteiger partial charge in [-0.3, -0.25) is 19.8 Å². The molecule has 8 nitrogen and oxygen atoms in total. The first kappa shape index (κ1) is 16.4. The molecule has 1 aliphatic rings. The number of imide groups is 1. The Morgan fingerprint density at radius 1 is 1.35 bits per heavy atom. The highest BCUT2D eigenvalue weighted by molar-refractivity contribution is 5.95. The van der Waals surface area contributed by atoms with Crippen LogP contribution in [0.4, 0.5) is 4.79 Å². The molecular weight excluding hydrogens is 262 g/mol. The fraction of sp³-hybridized carbons (Fsp3) is 0.750. The molecule has 1 heterocycles. The predicted octanol–water partition coefficient (Wildman–Crippen LogP) is -1.76. The highest BCUT2D eigenvalue weighted by atomic mass is 16.2. The van der Waals surface area contributed by atoms with Crippen molar-refractivity contribution < 1.29 is 14.4 Å². The van der Waals surface area contributed by atoms with Gasteiger partial charge in [-0.05, 0) is 13.8 Å². The molecule has 0 aromatic carbocycles. The van der Waals surface area contributed by atoms with Gasteiger partial charge in [-0.25, -0.2) is 4.79 Å². The Balaban J connectivity index is 2.50. The first-order chi connectivity index (χ1) is 9.43. The molecule has 0 aromatic rings. The molecule has 1 unspecified atom stereocenters. The van der Waals surface area contributed by atoms with Crippen LogP contribution in [0.25, 0.3) is 0 Å². The van der Waals surface area contributed by atoms with Crippen LogP contribution in [-0.2, 0) is 9.59 Å². The minimum absolute atomic E-state index is 0.0191. The normalized spacial score (nSPS) is 19.5. The molecule has 0 radical (unpaired) electrons. The maximum Gasteiger partial charge on any atom is 0.321 e. The number of carbonyl (C=O) groups is 3. The SMILES string of the molecule is CNC(=O)C1CNCCN1CC(=O)NC(=O)NC(C)C. The number of piperazine rings is 1. The van der Waals surface area contributed by atoms with Crippen molar-refractivity contribution in [2.24, 2.45) is 0 Å². The van der Waals surface area contributed by atoms with Crippen molar-refractivity contribution in [3.63, 3.8) is 0 Å². The molecule has 114 valence electrons. The summed E-state index contributed by atoms with van der Waals surface area (Å²) in [4.78, 5) is 36.7. The summed E-state index contributed by atoms with van der Waals surface area (Å²) in [5, 5.41) is 10.5. The average Bonchev–Trinajstić information content (AvgIpc) is 2.37. The van der Waals surface area contributed by atoms with E-state index >= 15 is 0 Å². The van der Waals surface area contributed by atoms with Crippen LogP contribution < -0.4 is 21.3 Å². The third-order valence-electron chi connectivity index (χ3n) is 2.92. The molecule has 20 heavy (non-hydrogen) atoms. The molecule has 8 heteroatoms. The molecule has 1 rings (SSSR count). The zero-order chi connectivity index (χ0) is 15.1. The molecule has 1 fully saturated rings. The van der Waals surface area contributed by atoms with E-state index in [2.05, 4.69) is 21.3 Å². The van der Waals surface area contributed by atoms with Gasteiger partial charge in [-0.1, -0.05) is 0 Å². The third kappa shape index (κ3) is 5.14. The maximum absolute atomic E-state index is 11.8. The average molecular weight is 285 g/mol. The second-order valence-corrected chi connectivity index (χ2v) is 4.98. The number of hydrogen-bond donors (Lipinski definition) is 4. The Bertz CT molecular complexity index is 372. The van der Waals surface area contributed by atoms with Gasteiger partial charge in [0.05, 0.1) is 6.54 Å². The Morgan fingerprint density at radius 2 is 2.05 bits per heavy atom. The quantitative estimate of drug-likeness (QED) is 0.490. The van der Waals surface area contributed by atoms with Gasteiger partial charge in [-0.2, -0.15) is 0 Å². The number of nitrogens with one attached hydrogen (secondary N) is 4. The zero-order valence-electron chi connectivity index (χ0n) is 12.2. The van der Waals surface area contributed by atoms with Crippen LogP contribution in [0.5, 0.6) is 0 Å². The van der Waals surface area contributed by atoms with Crippen molar-refractivity contribution in [2.75, 3.05) is 33.2 Å². The Morgan fingerprint density at radius 3 is 2.65 bits per heavy atom. The van der Waals surface area contributed by atoms with E-state index in [0.29, 0.717) is 19.6 Å². The van der Waals surface area contributed by atoms with E-state index in [4.69, 9.17) is 0 Å². The van der Waals surface area contributed by atoms with Crippen LogP contribution in [0.1, 0.15) is 13.8 Å². The van der Waals surface area contributed by atoms with Gasteiger partial charge in [0.2, 0.25) is 11.8 Å². The van der Waals surface area contributed by atoms with Gasteiger partial charge < -0.3 is 16.0 Å². The second-order valence-electron chi connectivity index (χ2n) is 4.98. The van der Waals surface area contributed by atoms with Crippen molar-refractivity contribution in [3.05, 3.63) is 0 Å². The van der Waals surface area contributed by atoms with Crippen molar-refractivity contribution in [2.45, 2.75) is 25.9 Å². The van der Waals surface area contributed by atoms with Gasteiger partial charge in [0.25, 0.3) is 0 Å². The summed E-state index contributed by atoms with van der Waals surface area (Å²) in [6.45, 7) is 5.41. The number of rotatable bonds is 4. The highest BCUT2D eigenvalue weighted by Gasteiger charge is 2.29. The molecule has 1 aliphatic heterocycles. The topological polar surface area (TPSA) is 103 Å². The molecule has 0 aromatic heterocycles. The molecule has 0 aliphatic carbocycles. The standard InChI is InChI=1S/C12H23N5O3/c1-8(2)15-12(20)16-10(18)7-17-5-4-14-6-9(17)11(19)13-3/h8-9,14H,4-7H2,1-3H3,(H,13,19)(H2,15,16,18,20). The molecule has 4 amide bonds. The van der Waals surface area contributed by atoms with E-state index in [1.54, 1.807) is 11.9 Å². The molecule has 0 saturated carbocycles. The number of hydrogen-bond acceptors (Lipinski definition) is 5. The Hall–Kier alpha value is -1.67. The highest BCUT2D eigenvalue weighted by Crippen LogP contribution is 2.02. The van der Waals surface area contributed by atoms with Crippen molar-refractivity contribution in [1.82, 2.24) is 26.2 Å². The Kier molecular flexibility index (Phi) is 6.40. The van der Waals surface area contributed by atoms with E-state index in [9.17, 15) is 14.4 Å². The van der Waals surface area contributed by atoms with E-state index in [0.717, 1.165) is 0 Å². The van der Waals surface area contributed by atoms with E-state index in [1.807, 2.05) is 13.8 Å². The van der Waals surface area contributed by atoms with Crippen LogP contribution in [0.2, 0.25) is 0 Å². The molecular formula is C12H23N5O3. The van der Waals surface area contributed by atoms with Gasteiger partial charge in [0.15, 0.2) is 0 Å². The van der Waals surface area contributed by atoms with Gasteiger partial charge in [-0.15, -0.1) is 0 Å². The van der Waals surface area contributed by atoms with Gasteiger partial charge in [0, 0.05) is 32.7 Å². The smallest absolute Gasteiger partial charge is 0.321 e. The van der Waals surface area contributed by atoms with Crippen molar-refractivity contribution in [3.8, 4) is 0 Å². The molecule has 1 saturated heterocycles. The van der Waals surface area contributed by atoms with Crippen LogP contribution in [0, 0.1) is 0 Å². The largest absolute Gasteiger partial charge is 0.358 e. The molecule has 0 spiro atoms. The number of nitrogens with zero attached hydrogens (tertiary/aromatic N) is 1. The summed E-state index contributed by atoms with van der Waals surface area (Å²) in [7, 11) is 1.56. The summed E-state index contributed by atoms with van der Waals surface area (Å²) in [5.41, 5.74) is 0. The number of urea groups is 1. The summed E-state index contributed by atoms with van der Waals surface area (Å²) in [6.07, 6.45) is 0. The summed E-state index contributed by atoms with van der Waals surface area (Å²) < 4.78 is 0. The lowest BCUT2D eigenvalue weighted by Crippen LogP contribution is -2.59. The van der Waals surface area contributed by atoms with E-state index in [-0.39, 0.29) is 18.5 Å². The number of carbonyl (C=O) groups excluding carboxylic acids is 3.